The average molecular weight is 447 g/mol. The molecule has 0 bridgehead atoms. The second-order valence-electron chi connectivity index (χ2n) is 8.53. The van der Waals surface area contributed by atoms with E-state index in [-0.39, 0.29) is 6.10 Å². The van der Waals surface area contributed by atoms with Crippen LogP contribution in [0.25, 0.3) is 22.2 Å². The van der Waals surface area contributed by atoms with Gasteiger partial charge in [0.05, 0.1) is 31.2 Å². The van der Waals surface area contributed by atoms with Gasteiger partial charge in [0.1, 0.15) is 23.1 Å². The van der Waals surface area contributed by atoms with E-state index in [2.05, 4.69) is 52.3 Å². The van der Waals surface area contributed by atoms with Gasteiger partial charge in [-0.25, -0.2) is 19.9 Å². The molecule has 2 aliphatic rings. The fourth-order valence-corrected chi connectivity index (χ4v) is 4.69. The second-order valence-corrected chi connectivity index (χ2v) is 8.53. The first kappa shape index (κ1) is 20.1. The Balaban J connectivity index is 1.16. The SMILES string of the molecule is c1cnc2c(O[C@H]3CC[C@@H](Nc4ncnc5[nH]cnc45)CC3)cc(N3CCOCC3)cc2n1. The van der Waals surface area contributed by atoms with E-state index >= 15 is 0 Å². The molecule has 6 rings (SSSR count). The lowest BCUT2D eigenvalue weighted by molar-refractivity contribution is 0.122. The molecule has 0 atom stereocenters. The van der Waals surface area contributed by atoms with E-state index in [1.165, 1.54) is 0 Å². The van der Waals surface area contributed by atoms with Gasteiger partial charge in [0, 0.05) is 43.3 Å². The number of anilines is 2. The summed E-state index contributed by atoms with van der Waals surface area (Å²) in [6, 6.07) is 4.54. The van der Waals surface area contributed by atoms with Gasteiger partial charge in [0.15, 0.2) is 11.5 Å². The molecule has 0 spiro atoms. The molecule has 1 aliphatic heterocycles. The number of fused-ring (bicyclic) bond motifs is 2. The molecular formula is C23H26N8O2. The predicted octanol–water partition coefficient (Wildman–Crippen LogP) is 2.93. The minimum absolute atomic E-state index is 0.143. The van der Waals surface area contributed by atoms with E-state index in [1.54, 1.807) is 25.0 Å². The molecule has 4 aromatic rings. The Hall–Kier alpha value is -3.53. The number of hydrogen-bond acceptors (Lipinski definition) is 9. The summed E-state index contributed by atoms with van der Waals surface area (Å²) in [5.41, 5.74) is 4.32. The normalized spacial score (nSPS) is 21.4. The highest BCUT2D eigenvalue weighted by molar-refractivity contribution is 5.85. The molecule has 1 aliphatic carbocycles. The molecule has 1 saturated carbocycles. The van der Waals surface area contributed by atoms with E-state index in [0.717, 1.165) is 91.4 Å². The van der Waals surface area contributed by atoms with Crippen LogP contribution in [-0.2, 0) is 4.74 Å². The molecule has 0 amide bonds. The Labute approximate surface area is 190 Å². The van der Waals surface area contributed by atoms with Crippen molar-refractivity contribution in [1.82, 2.24) is 29.9 Å². The first-order chi connectivity index (χ1) is 16.3. The fraction of sp³-hybridized carbons (Fsp3) is 0.435. The maximum atomic E-state index is 6.53. The number of morpholine rings is 1. The van der Waals surface area contributed by atoms with E-state index in [0.29, 0.717) is 6.04 Å². The van der Waals surface area contributed by atoms with Crippen LogP contribution < -0.4 is 15.0 Å². The van der Waals surface area contributed by atoms with Gasteiger partial charge in [0.2, 0.25) is 0 Å². The van der Waals surface area contributed by atoms with Crippen molar-refractivity contribution in [2.45, 2.75) is 37.8 Å². The summed E-state index contributed by atoms with van der Waals surface area (Å²) in [5.74, 6) is 1.60. The number of benzene rings is 1. The maximum Gasteiger partial charge on any atom is 0.162 e. The zero-order chi connectivity index (χ0) is 22.0. The zero-order valence-corrected chi connectivity index (χ0v) is 18.3. The van der Waals surface area contributed by atoms with Crippen molar-refractivity contribution in [3.05, 3.63) is 37.2 Å². The minimum atomic E-state index is 0.143. The van der Waals surface area contributed by atoms with Crippen LogP contribution in [0.1, 0.15) is 25.7 Å². The van der Waals surface area contributed by atoms with Crippen LogP contribution in [0.5, 0.6) is 5.75 Å². The van der Waals surface area contributed by atoms with Crippen LogP contribution in [0.2, 0.25) is 0 Å². The summed E-state index contributed by atoms with van der Waals surface area (Å²) >= 11 is 0. The summed E-state index contributed by atoms with van der Waals surface area (Å²) < 4.78 is 12.0. The summed E-state index contributed by atoms with van der Waals surface area (Å²) in [6.45, 7) is 3.22. The van der Waals surface area contributed by atoms with E-state index in [9.17, 15) is 0 Å². The molecule has 10 nitrogen and oxygen atoms in total. The summed E-state index contributed by atoms with van der Waals surface area (Å²) in [7, 11) is 0. The third kappa shape index (κ3) is 4.13. The molecular weight excluding hydrogens is 420 g/mol. The number of ether oxygens (including phenoxy) is 2. The Morgan fingerprint density at radius 3 is 2.67 bits per heavy atom. The number of rotatable bonds is 5. The summed E-state index contributed by atoms with van der Waals surface area (Å²) in [5, 5.41) is 3.55. The van der Waals surface area contributed by atoms with Crippen molar-refractivity contribution < 1.29 is 9.47 Å². The Morgan fingerprint density at radius 2 is 1.79 bits per heavy atom. The van der Waals surface area contributed by atoms with Crippen LogP contribution in [0.3, 0.4) is 0 Å². The van der Waals surface area contributed by atoms with Crippen LogP contribution in [0.4, 0.5) is 11.5 Å². The molecule has 3 aromatic heterocycles. The van der Waals surface area contributed by atoms with Gasteiger partial charge in [-0.15, -0.1) is 0 Å². The topological polar surface area (TPSA) is 114 Å². The summed E-state index contributed by atoms with van der Waals surface area (Å²) in [4.78, 5) is 27.4. The van der Waals surface area contributed by atoms with Gasteiger partial charge in [-0.1, -0.05) is 0 Å². The van der Waals surface area contributed by atoms with Crippen molar-refractivity contribution in [3.63, 3.8) is 0 Å². The smallest absolute Gasteiger partial charge is 0.162 e. The summed E-state index contributed by atoms with van der Waals surface area (Å²) in [6.07, 6.45) is 10.7. The Bertz CT molecular complexity index is 1250. The van der Waals surface area contributed by atoms with Crippen molar-refractivity contribution in [2.75, 3.05) is 36.5 Å². The molecule has 170 valence electrons. The monoisotopic (exact) mass is 446 g/mol. The molecule has 2 fully saturated rings. The second kappa shape index (κ2) is 8.78. The van der Waals surface area contributed by atoms with Gasteiger partial charge < -0.3 is 24.7 Å². The van der Waals surface area contributed by atoms with Gasteiger partial charge in [-0.3, -0.25) is 4.98 Å². The molecule has 1 aromatic carbocycles. The Morgan fingerprint density at radius 1 is 0.939 bits per heavy atom. The minimum Gasteiger partial charge on any atom is -0.488 e. The van der Waals surface area contributed by atoms with E-state index < -0.39 is 0 Å². The third-order valence-electron chi connectivity index (χ3n) is 6.43. The highest BCUT2D eigenvalue weighted by atomic mass is 16.5. The van der Waals surface area contributed by atoms with E-state index in [4.69, 9.17) is 9.47 Å². The largest absolute Gasteiger partial charge is 0.488 e. The van der Waals surface area contributed by atoms with Crippen LogP contribution in [-0.4, -0.2) is 68.4 Å². The van der Waals surface area contributed by atoms with Crippen molar-refractivity contribution in [1.29, 1.82) is 0 Å². The maximum absolute atomic E-state index is 6.53. The number of nitrogens with zero attached hydrogens (tertiary/aromatic N) is 6. The lowest BCUT2D eigenvalue weighted by atomic mass is 9.93. The molecule has 1 saturated heterocycles. The molecule has 33 heavy (non-hydrogen) atoms. The first-order valence-electron chi connectivity index (χ1n) is 11.5. The number of H-pyrrole nitrogens is 1. The number of nitrogens with one attached hydrogen (secondary N) is 2. The van der Waals surface area contributed by atoms with Gasteiger partial charge in [-0.05, 0) is 31.7 Å². The highest BCUT2D eigenvalue weighted by Gasteiger charge is 2.25. The molecule has 4 heterocycles. The fourth-order valence-electron chi connectivity index (χ4n) is 4.69. The molecule has 0 radical (unpaired) electrons. The van der Waals surface area contributed by atoms with E-state index in [1.807, 2.05) is 0 Å². The predicted molar refractivity (Wildman–Crippen MR) is 125 cm³/mol. The van der Waals surface area contributed by atoms with Crippen LogP contribution in [0.15, 0.2) is 37.2 Å². The lowest BCUT2D eigenvalue weighted by Crippen LogP contribution is -2.36. The van der Waals surface area contributed by atoms with Crippen molar-refractivity contribution >= 4 is 33.7 Å². The van der Waals surface area contributed by atoms with Crippen molar-refractivity contribution in [2.24, 2.45) is 0 Å². The number of imidazole rings is 1. The van der Waals surface area contributed by atoms with Gasteiger partial charge in [-0.2, -0.15) is 0 Å². The van der Waals surface area contributed by atoms with Crippen LogP contribution in [0, 0.1) is 0 Å². The zero-order valence-electron chi connectivity index (χ0n) is 18.3. The highest BCUT2D eigenvalue weighted by Crippen LogP contribution is 2.33. The number of aromatic amines is 1. The first-order valence-corrected chi connectivity index (χ1v) is 11.5. The quantitative estimate of drug-likeness (QED) is 0.477. The number of hydrogen-bond donors (Lipinski definition) is 2. The lowest BCUT2D eigenvalue weighted by Gasteiger charge is -2.31. The van der Waals surface area contributed by atoms with Gasteiger partial charge >= 0.3 is 0 Å². The Kier molecular flexibility index (Phi) is 5.35. The third-order valence-corrected chi connectivity index (χ3v) is 6.43. The van der Waals surface area contributed by atoms with Gasteiger partial charge in [0.25, 0.3) is 0 Å². The molecule has 0 unspecified atom stereocenters. The average Bonchev–Trinajstić information content (AvgIpc) is 3.36. The van der Waals surface area contributed by atoms with Crippen LogP contribution >= 0.6 is 0 Å². The molecule has 10 heteroatoms. The molecule has 2 N–H and O–H groups in total. The number of aromatic nitrogens is 6. The standard InChI is InChI=1S/C23H26N8O2/c1-3-17(4-2-15(1)30-23-21-22(27-13-26-21)28-14-29-23)33-19-12-16(31-7-9-32-10-8-31)11-18-20(19)25-6-5-24-18/h5-6,11-15,17H,1-4,7-10H2,(H2,26,27,28,29,30)/t15-,17+. The van der Waals surface area contributed by atoms with Crippen molar-refractivity contribution in [3.8, 4) is 5.75 Å².